The third-order valence-corrected chi connectivity index (χ3v) is 7.51. The lowest BCUT2D eigenvalue weighted by atomic mass is 10.0. The summed E-state index contributed by atoms with van der Waals surface area (Å²) in [5, 5.41) is 0. The molecule has 154 valence electrons. The number of carbonyl (C=O) groups excluding carboxylic acids is 1. The molecule has 2 aromatic carbocycles. The molecule has 1 saturated heterocycles. The van der Waals surface area contributed by atoms with Crippen molar-refractivity contribution in [3.63, 3.8) is 0 Å². The molecule has 2 aromatic rings. The Hall–Kier alpha value is -2.38. The van der Waals surface area contributed by atoms with Crippen molar-refractivity contribution in [2.24, 2.45) is 0 Å². The molecule has 2 heterocycles. The van der Waals surface area contributed by atoms with Crippen molar-refractivity contribution in [3.8, 4) is 5.75 Å². The highest BCUT2D eigenvalue weighted by Crippen LogP contribution is 2.39. The van der Waals surface area contributed by atoms with Crippen LogP contribution >= 0.6 is 0 Å². The van der Waals surface area contributed by atoms with Gasteiger partial charge in [0.05, 0.1) is 29.8 Å². The molecule has 6 nitrogen and oxygen atoms in total. The molecule has 0 aliphatic carbocycles. The number of amides is 1. The summed E-state index contributed by atoms with van der Waals surface area (Å²) in [5.41, 5.74) is 1.77. The SMILES string of the molecule is CCN(CC(=O)N1c2ccccc2OC[C@@H]1c1ccccc1)[C@@H]1CCS(=O)(=O)C1. The smallest absolute Gasteiger partial charge is 0.241 e. The normalized spacial score (nSPS) is 22.9. The van der Waals surface area contributed by atoms with Crippen LogP contribution in [0.25, 0.3) is 0 Å². The van der Waals surface area contributed by atoms with Crippen molar-refractivity contribution in [2.45, 2.75) is 25.4 Å². The second-order valence-corrected chi connectivity index (χ2v) is 9.82. The zero-order valence-electron chi connectivity index (χ0n) is 16.5. The molecule has 29 heavy (non-hydrogen) atoms. The second kappa shape index (κ2) is 8.16. The number of carbonyl (C=O) groups is 1. The predicted octanol–water partition coefficient (Wildman–Crippen LogP) is 2.66. The van der Waals surface area contributed by atoms with Gasteiger partial charge in [0.1, 0.15) is 12.4 Å². The maximum absolute atomic E-state index is 13.5. The number of hydrogen-bond acceptors (Lipinski definition) is 5. The van der Waals surface area contributed by atoms with Gasteiger partial charge in [0.15, 0.2) is 9.84 Å². The zero-order chi connectivity index (χ0) is 20.4. The Bertz CT molecular complexity index is 977. The fraction of sp³-hybridized carbons (Fsp3) is 0.409. The lowest BCUT2D eigenvalue weighted by Crippen LogP contribution is -2.48. The molecule has 2 aliphatic heterocycles. The topological polar surface area (TPSA) is 66.9 Å². The van der Waals surface area contributed by atoms with Gasteiger partial charge in [0.2, 0.25) is 5.91 Å². The van der Waals surface area contributed by atoms with Crippen LogP contribution in [0, 0.1) is 0 Å². The summed E-state index contributed by atoms with van der Waals surface area (Å²) in [7, 11) is -3.00. The minimum absolute atomic E-state index is 0.0410. The first kappa shape index (κ1) is 19.9. The first-order valence-electron chi connectivity index (χ1n) is 10.0. The van der Waals surface area contributed by atoms with Crippen LogP contribution in [0.4, 0.5) is 5.69 Å². The van der Waals surface area contributed by atoms with Crippen LogP contribution in [0.1, 0.15) is 24.9 Å². The number of nitrogens with zero attached hydrogens (tertiary/aromatic N) is 2. The number of hydrogen-bond donors (Lipinski definition) is 0. The minimum Gasteiger partial charge on any atom is -0.489 e. The fourth-order valence-corrected chi connectivity index (χ4v) is 5.99. The molecule has 0 bridgehead atoms. The Morgan fingerprint density at radius 1 is 1.14 bits per heavy atom. The van der Waals surface area contributed by atoms with E-state index in [1.165, 1.54) is 0 Å². The first-order chi connectivity index (χ1) is 14.0. The summed E-state index contributed by atoms with van der Waals surface area (Å²) in [6, 6.07) is 17.1. The Labute approximate surface area is 172 Å². The molecule has 2 atom stereocenters. The predicted molar refractivity (Wildman–Crippen MR) is 113 cm³/mol. The molecule has 1 fully saturated rings. The molecule has 0 N–H and O–H groups in total. The highest BCUT2D eigenvalue weighted by atomic mass is 32.2. The van der Waals surface area contributed by atoms with Gasteiger partial charge in [0.25, 0.3) is 0 Å². The van der Waals surface area contributed by atoms with E-state index in [0.717, 1.165) is 11.3 Å². The number of fused-ring (bicyclic) bond motifs is 1. The van der Waals surface area contributed by atoms with E-state index in [0.29, 0.717) is 25.3 Å². The maximum Gasteiger partial charge on any atom is 0.241 e. The third-order valence-electron chi connectivity index (χ3n) is 5.76. The van der Waals surface area contributed by atoms with Gasteiger partial charge >= 0.3 is 0 Å². The Morgan fingerprint density at radius 2 is 1.86 bits per heavy atom. The van der Waals surface area contributed by atoms with Crippen LogP contribution in [-0.4, -0.2) is 56.5 Å². The average molecular weight is 415 g/mol. The number of likely N-dealkylation sites (N-methyl/N-ethyl adjacent to an activating group) is 1. The highest BCUT2D eigenvalue weighted by molar-refractivity contribution is 7.91. The number of sulfone groups is 1. The molecule has 0 aromatic heterocycles. The molecule has 0 unspecified atom stereocenters. The summed E-state index contributed by atoms with van der Waals surface area (Å²) in [6.07, 6.45) is 0.589. The molecule has 2 aliphatic rings. The average Bonchev–Trinajstić information content (AvgIpc) is 3.11. The summed E-state index contributed by atoms with van der Waals surface area (Å²) in [6.45, 7) is 3.18. The van der Waals surface area contributed by atoms with Crippen molar-refractivity contribution >= 4 is 21.4 Å². The van der Waals surface area contributed by atoms with Crippen molar-refractivity contribution in [3.05, 3.63) is 60.2 Å². The molecular weight excluding hydrogens is 388 g/mol. The van der Waals surface area contributed by atoms with E-state index in [2.05, 4.69) is 0 Å². The summed E-state index contributed by atoms with van der Waals surface area (Å²) >= 11 is 0. The third kappa shape index (κ3) is 4.16. The van der Waals surface area contributed by atoms with E-state index in [9.17, 15) is 13.2 Å². The summed E-state index contributed by atoms with van der Waals surface area (Å²) < 4.78 is 29.8. The Morgan fingerprint density at radius 3 is 2.55 bits per heavy atom. The van der Waals surface area contributed by atoms with Gasteiger partial charge in [-0.05, 0) is 30.7 Å². The molecule has 0 saturated carbocycles. The zero-order valence-corrected chi connectivity index (χ0v) is 17.3. The van der Waals surface area contributed by atoms with Crippen molar-refractivity contribution in [1.29, 1.82) is 0 Å². The van der Waals surface area contributed by atoms with Crippen LogP contribution in [-0.2, 0) is 14.6 Å². The Balaban J connectivity index is 1.62. The molecule has 0 spiro atoms. The number of anilines is 1. The van der Waals surface area contributed by atoms with Crippen LogP contribution in [0.2, 0.25) is 0 Å². The van der Waals surface area contributed by atoms with Gasteiger partial charge in [-0.25, -0.2) is 8.42 Å². The van der Waals surface area contributed by atoms with Crippen molar-refractivity contribution in [1.82, 2.24) is 4.90 Å². The number of para-hydroxylation sites is 2. The molecular formula is C22H26N2O4S. The largest absolute Gasteiger partial charge is 0.489 e. The van der Waals surface area contributed by atoms with E-state index in [4.69, 9.17) is 4.74 Å². The van der Waals surface area contributed by atoms with Gasteiger partial charge in [-0.3, -0.25) is 14.6 Å². The van der Waals surface area contributed by atoms with E-state index < -0.39 is 9.84 Å². The highest BCUT2D eigenvalue weighted by Gasteiger charge is 2.37. The molecule has 4 rings (SSSR count). The maximum atomic E-state index is 13.5. The van der Waals surface area contributed by atoms with Crippen LogP contribution < -0.4 is 9.64 Å². The quantitative estimate of drug-likeness (QED) is 0.753. The lowest BCUT2D eigenvalue weighted by molar-refractivity contribution is -0.121. The number of benzene rings is 2. The number of ether oxygens (including phenoxy) is 1. The van der Waals surface area contributed by atoms with Crippen LogP contribution in [0.5, 0.6) is 5.75 Å². The van der Waals surface area contributed by atoms with Gasteiger partial charge in [0, 0.05) is 6.04 Å². The molecule has 7 heteroatoms. The van der Waals surface area contributed by atoms with Gasteiger partial charge < -0.3 is 4.74 Å². The van der Waals surface area contributed by atoms with Crippen molar-refractivity contribution in [2.75, 3.05) is 36.1 Å². The van der Waals surface area contributed by atoms with Crippen LogP contribution in [0.15, 0.2) is 54.6 Å². The van der Waals surface area contributed by atoms with E-state index in [1.54, 1.807) is 0 Å². The van der Waals surface area contributed by atoms with E-state index in [-0.39, 0.29) is 36.0 Å². The fourth-order valence-electron chi connectivity index (χ4n) is 4.23. The summed E-state index contributed by atoms with van der Waals surface area (Å²) in [5.74, 6) is 0.992. The summed E-state index contributed by atoms with van der Waals surface area (Å²) in [4.78, 5) is 17.3. The lowest BCUT2D eigenvalue weighted by Gasteiger charge is -2.39. The van der Waals surface area contributed by atoms with Gasteiger partial charge in [-0.1, -0.05) is 49.4 Å². The molecule has 0 radical (unpaired) electrons. The van der Waals surface area contributed by atoms with Crippen molar-refractivity contribution < 1.29 is 17.9 Å². The van der Waals surface area contributed by atoms with Gasteiger partial charge in [-0.2, -0.15) is 0 Å². The molecule has 1 amide bonds. The van der Waals surface area contributed by atoms with Gasteiger partial charge in [-0.15, -0.1) is 0 Å². The van der Waals surface area contributed by atoms with E-state index >= 15 is 0 Å². The van der Waals surface area contributed by atoms with Crippen LogP contribution in [0.3, 0.4) is 0 Å². The second-order valence-electron chi connectivity index (χ2n) is 7.59. The Kier molecular flexibility index (Phi) is 5.61. The van der Waals surface area contributed by atoms with E-state index in [1.807, 2.05) is 71.3 Å². The monoisotopic (exact) mass is 414 g/mol. The number of rotatable bonds is 5. The minimum atomic E-state index is -3.00. The first-order valence-corrected chi connectivity index (χ1v) is 11.8. The standard InChI is InChI=1S/C22H26N2O4S/c1-2-23(18-12-13-29(26,27)16-18)14-22(25)24-19-10-6-7-11-21(19)28-15-20(24)17-8-4-3-5-9-17/h3-11,18,20H,2,12-16H2,1H3/t18-,20-/m1/s1.